The van der Waals surface area contributed by atoms with Gasteiger partial charge in [-0.15, -0.1) is 0 Å². The molecular weight excluding hydrogens is 466 g/mol. The zero-order valence-corrected chi connectivity index (χ0v) is 25.8. The van der Waals surface area contributed by atoms with E-state index in [0.29, 0.717) is 39.9 Å². The third-order valence-electron chi connectivity index (χ3n) is 14.4. The quantitative estimate of drug-likeness (QED) is 0.245. The Morgan fingerprint density at radius 2 is 1.61 bits per heavy atom. The lowest BCUT2D eigenvalue weighted by Crippen LogP contribution is -2.68. The fourth-order valence-corrected chi connectivity index (χ4v) is 12.5. The van der Waals surface area contributed by atoms with E-state index in [-0.39, 0.29) is 5.54 Å². The van der Waals surface area contributed by atoms with Crippen LogP contribution in [0.15, 0.2) is 12.2 Å². The molecule has 5 saturated carbocycles. The highest BCUT2D eigenvalue weighted by atomic mass is 16.4. The Hall–Kier alpha value is -0.830. The number of fused-ring (bicyclic) bond motifs is 7. The zero-order chi connectivity index (χ0) is 27.6. The molecule has 0 aromatic carbocycles. The van der Waals surface area contributed by atoms with Crippen LogP contribution >= 0.6 is 0 Å². The maximum absolute atomic E-state index is 10.9. The fraction of sp³-hybridized carbons (Fsp3) is 0.914. The van der Waals surface area contributed by atoms with Crippen molar-refractivity contribution in [3.8, 4) is 0 Å². The first-order valence-corrected chi connectivity index (χ1v) is 16.4. The van der Waals surface area contributed by atoms with Crippen LogP contribution < -0.4 is 5.32 Å². The molecule has 38 heavy (non-hydrogen) atoms. The molecule has 9 atom stereocenters. The van der Waals surface area contributed by atoms with Crippen LogP contribution in [0, 0.1) is 51.2 Å². The normalized spacial score (nSPS) is 47.4. The smallest absolute Gasteiger partial charge is 0.303 e. The standard InChI is InChI=1S/C35H59NO2/c1-24(2)25-15-20-35(36-23-10-8-9-12-29(37)38)22-21-33(6)26(30(25)35)13-14-28-32(5)18-11-17-31(3,4)27(32)16-19-34(28,33)7/h25-28,30,36H,1,8-23H2,2-7H3,(H,37,38)/t25-,26?,27?,28?,30?,32-,33+,34+,35-/m0/s1. The molecular formula is C35H59NO2. The van der Waals surface area contributed by atoms with Gasteiger partial charge in [0.15, 0.2) is 0 Å². The van der Waals surface area contributed by atoms with Crippen LogP contribution in [0.4, 0.5) is 0 Å². The van der Waals surface area contributed by atoms with Crippen LogP contribution in [0.3, 0.4) is 0 Å². The van der Waals surface area contributed by atoms with Crippen LogP contribution in [-0.2, 0) is 4.79 Å². The Bertz CT molecular complexity index is 925. The van der Waals surface area contributed by atoms with E-state index in [0.717, 1.165) is 43.6 Å². The fourth-order valence-electron chi connectivity index (χ4n) is 12.5. The summed E-state index contributed by atoms with van der Waals surface area (Å²) in [6.07, 6.45) is 18.5. The van der Waals surface area contributed by atoms with E-state index in [1.165, 1.54) is 76.2 Å². The Labute approximate surface area is 234 Å². The third-order valence-corrected chi connectivity index (χ3v) is 14.4. The number of carboxylic acid groups (broad SMARTS) is 1. The highest BCUT2D eigenvalue weighted by molar-refractivity contribution is 5.66. The van der Waals surface area contributed by atoms with E-state index in [1.54, 1.807) is 0 Å². The van der Waals surface area contributed by atoms with Gasteiger partial charge in [-0.05, 0) is 142 Å². The number of carboxylic acids is 1. The molecule has 0 heterocycles. The number of aliphatic carboxylic acids is 1. The van der Waals surface area contributed by atoms with Crippen LogP contribution in [0.5, 0.6) is 0 Å². The maximum atomic E-state index is 10.9. The second-order valence-electron chi connectivity index (χ2n) is 16.3. The summed E-state index contributed by atoms with van der Waals surface area (Å²) in [5.41, 5.74) is 3.55. The van der Waals surface area contributed by atoms with Crippen molar-refractivity contribution in [1.82, 2.24) is 5.32 Å². The van der Waals surface area contributed by atoms with E-state index in [4.69, 9.17) is 5.11 Å². The van der Waals surface area contributed by atoms with E-state index < -0.39 is 5.97 Å². The minimum Gasteiger partial charge on any atom is -0.481 e. The number of hydrogen-bond acceptors (Lipinski definition) is 2. The molecule has 0 aromatic heterocycles. The highest BCUT2D eigenvalue weighted by Crippen LogP contribution is 2.76. The predicted octanol–water partition coefficient (Wildman–Crippen LogP) is 9.02. The maximum Gasteiger partial charge on any atom is 0.303 e. The number of allylic oxidation sites excluding steroid dienone is 1. The van der Waals surface area contributed by atoms with E-state index in [9.17, 15) is 4.79 Å². The molecule has 0 spiro atoms. The number of carbonyl (C=O) groups is 1. The molecule has 216 valence electrons. The van der Waals surface area contributed by atoms with Gasteiger partial charge in [0.1, 0.15) is 0 Å². The molecule has 0 bridgehead atoms. The molecule has 5 aliphatic rings. The van der Waals surface area contributed by atoms with Crippen molar-refractivity contribution >= 4 is 5.97 Å². The monoisotopic (exact) mass is 525 g/mol. The average molecular weight is 526 g/mol. The van der Waals surface area contributed by atoms with Gasteiger partial charge in [0, 0.05) is 12.0 Å². The summed E-state index contributed by atoms with van der Waals surface area (Å²) in [4.78, 5) is 10.9. The molecule has 5 rings (SSSR count). The van der Waals surface area contributed by atoms with Crippen molar-refractivity contribution in [2.75, 3.05) is 6.54 Å². The minimum absolute atomic E-state index is 0.262. The Balaban J connectivity index is 1.40. The van der Waals surface area contributed by atoms with Crippen molar-refractivity contribution in [3.05, 3.63) is 12.2 Å². The van der Waals surface area contributed by atoms with Gasteiger partial charge in [-0.3, -0.25) is 4.79 Å². The lowest BCUT2D eigenvalue weighted by Gasteiger charge is -2.72. The second-order valence-corrected chi connectivity index (χ2v) is 16.3. The van der Waals surface area contributed by atoms with Crippen molar-refractivity contribution in [1.29, 1.82) is 0 Å². The van der Waals surface area contributed by atoms with E-state index >= 15 is 0 Å². The predicted molar refractivity (Wildman–Crippen MR) is 158 cm³/mol. The van der Waals surface area contributed by atoms with Crippen LogP contribution in [0.2, 0.25) is 0 Å². The topological polar surface area (TPSA) is 49.3 Å². The molecule has 2 N–H and O–H groups in total. The second kappa shape index (κ2) is 9.92. The van der Waals surface area contributed by atoms with Gasteiger partial charge in [0.05, 0.1) is 0 Å². The summed E-state index contributed by atoms with van der Waals surface area (Å²) >= 11 is 0. The summed E-state index contributed by atoms with van der Waals surface area (Å²) < 4.78 is 0. The van der Waals surface area contributed by atoms with Gasteiger partial charge < -0.3 is 10.4 Å². The van der Waals surface area contributed by atoms with Crippen LogP contribution in [-0.4, -0.2) is 23.2 Å². The zero-order valence-electron chi connectivity index (χ0n) is 25.8. The van der Waals surface area contributed by atoms with Crippen molar-refractivity contribution in [3.63, 3.8) is 0 Å². The molecule has 4 unspecified atom stereocenters. The van der Waals surface area contributed by atoms with Crippen molar-refractivity contribution in [2.24, 2.45) is 51.2 Å². The van der Waals surface area contributed by atoms with Crippen molar-refractivity contribution in [2.45, 2.75) is 143 Å². The van der Waals surface area contributed by atoms with Gasteiger partial charge in [-0.1, -0.05) is 59.6 Å². The molecule has 0 amide bonds. The molecule has 3 nitrogen and oxygen atoms in total. The molecule has 0 aromatic rings. The molecule has 3 heteroatoms. The Morgan fingerprint density at radius 3 is 2.32 bits per heavy atom. The van der Waals surface area contributed by atoms with Gasteiger partial charge in [0.2, 0.25) is 0 Å². The SMILES string of the molecule is C=C(C)[C@@H]1CC[C@]2(NCCCCCC(=O)O)CC[C@]3(C)C(CCC4[C@@]5(C)CCCC(C)(C)C5CC[C@]43C)C12. The lowest BCUT2D eigenvalue weighted by atomic mass is 9.33. The molecule has 0 saturated heterocycles. The van der Waals surface area contributed by atoms with E-state index in [1.807, 2.05) is 0 Å². The van der Waals surface area contributed by atoms with Crippen molar-refractivity contribution < 1.29 is 9.90 Å². The summed E-state index contributed by atoms with van der Waals surface area (Å²) in [5, 5.41) is 13.2. The molecule has 5 fully saturated rings. The minimum atomic E-state index is -0.660. The largest absolute Gasteiger partial charge is 0.481 e. The number of rotatable bonds is 8. The highest BCUT2D eigenvalue weighted by Gasteiger charge is 2.70. The first kappa shape index (κ1) is 28.7. The summed E-state index contributed by atoms with van der Waals surface area (Å²) in [5.74, 6) is 3.25. The first-order valence-electron chi connectivity index (χ1n) is 16.4. The van der Waals surface area contributed by atoms with Gasteiger partial charge in [-0.2, -0.15) is 0 Å². The van der Waals surface area contributed by atoms with Gasteiger partial charge >= 0.3 is 5.97 Å². The third kappa shape index (κ3) is 4.26. The van der Waals surface area contributed by atoms with Gasteiger partial charge in [-0.25, -0.2) is 0 Å². The molecule has 5 aliphatic carbocycles. The molecule has 0 aliphatic heterocycles. The first-order chi connectivity index (χ1) is 17.8. The van der Waals surface area contributed by atoms with Crippen LogP contribution in [0.1, 0.15) is 138 Å². The number of unbranched alkanes of at least 4 members (excludes halogenated alkanes) is 2. The molecule has 0 radical (unpaired) electrons. The Kier molecular flexibility index (Phi) is 7.49. The van der Waals surface area contributed by atoms with E-state index in [2.05, 4.69) is 53.4 Å². The Morgan fingerprint density at radius 1 is 0.842 bits per heavy atom. The summed E-state index contributed by atoms with van der Waals surface area (Å²) in [6.45, 7) is 21.3. The average Bonchev–Trinajstić information content (AvgIpc) is 3.21. The number of hydrogen-bond donors (Lipinski definition) is 2. The van der Waals surface area contributed by atoms with Crippen LogP contribution in [0.25, 0.3) is 0 Å². The number of nitrogens with one attached hydrogen (secondary N) is 1. The summed E-state index contributed by atoms with van der Waals surface area (Å²) in [6, 6.07) is 0. The lowest BCUT2D eigenvalue weighted by molar-refractivity contribution is -0.231. The summed E-state index contributed by atoms with van der Waals surface area (Å²) in [7, 11) is 0. The van der Waals surface area contributed by atoms with Gasteiger partial charge in [0.25, 0.3) is 0 Å².